The number of nitrogens with one attached hydrogen (secondary N) is 1. The van der Waals surface area contributed by atoms with Crippen LogP contribution in [-0.2, 0) is 10.0 Å². The maximum absolute atomic E-state index is 12.4. The Bertz CT molecular complexity index is 1290. The Morgan fingerprint density at radius 2 is 1.97 bits per heavy atom. The molecule has 0 bridgehead atoms. The number of aromatic nitrogens is 1. The quantitative estimate of drug-likeness (QED) is 0.558. The highest BCUT2D eigenvalue weighted by atomic mass is 32.2. The molecule has 152 valence electrons. The fraction of sp³-hybridized carbons (Fsp3) is 0.190. The zero-order valence-electron chi connectivity index (χ0n) is 16.3. The molecule has 0 saturated heterocycles. The molecule has 2 N–H and O–H groups in total. The fourth-order valence-electron chi connectivity index (χ4n) is 2.56. The maximum atomic E-state index is 12.4. The van der Waals surface area contributed by atoms with Gasteiger partial charge in [0, 0.05) is 15.3 Å². The van der Waals surface area contributed by atoms with Gasteiger partial charge in [0.1, 0.15) is 5.75 Å². The molecule has 2 aromatic carbocycles. The first-order chi connectivity index (χ1) is 13.7. The van der Waals surface area contributed by atoms with Crippen molar-refractivity contribution in [3.05, 3.63) is 52.4 Å². The standard InChI is InChI=1S/C21H22N2O3S3/c1-5-6-11-17-14(4)27-21(22-17)28-19-12-18(23-29(25,26)13(2)3)15-9-7-8-10-16(15)20(19)24/h5-13,23-24H,4H2,1-3H3. The van der Waals surface area contributed by atoms with Gasteiger partial charge in [0.05, 0.1) is 21.2 Å². The highest BCUT2D eigenvalue weighted by Gasteiger charge is 2.20. The van der Waals surface area contributed by atoms with E-state index in [1.54, 1.807) is 44.2 Å². The molecule has 3 aromatic rings. The monoisotopic (exact) mass is 446 g/mol. The average Bonchev–Trinajstić information content (AvgIpc) is 3.02. The number of nitrogens with zero attached hydrogens (tertiary/aromatic N) is 1. The smallest absolute Gasteiger partial charge is 0.235 e. The van der Waals surface area contributed by atoms with Gasteiger partial charge in [0.2, 0.25) is 10.0 Å². The molecule has 3 rings (SSSR count). The van der Waals surface area contributed by atoms with Crippen LogP contribution in [0.2, 0.25) is 0 Å². The zero-order chi connectivity index (χ0) is 21.2. The van der Waals surface area contributed by atoms with Gasteiger partial charge in [0.15, 0.2) is 4.34 Å². The van der Waals surface area contributed by atoms with Gasteiger partial charge in [0.25, 0.3) is 0 Å². The van der Waals surface area contributed by atoms with Gasteiger partial charge in [-0.25, -0.2) is 13.4 Å². The van der Waals surface area contributed by atoms with Crippen molar-refractivity contribution in [2.45, 2.75) is 35.3 Å². The number of anilines is 1. The van der Waals surface area contributed by atoms with Crippen molar-refractivity contribution >= 4 is 62.2 Å². The van der Waals surface area contributed by atoms with Gasteiger partial charge in [-0.2, -0.15) is 0 Å². The molecule has 0 saturated carbocycles. The Balaban J connectivity index is 2.12. The molecule has 0 amide bonds. The number of hydrogen-bond acceptors (Lipinski definition) is 6. The third-order valence-electron chi connectivity index (χ3n) is 4.21. The summed E-state index contributed by atoms with van der Waals surface area (Å²) < 4.78 is 29.1. The number of rotatable bonds is 6. The molecule has 0 spiro atoms. The Labute approximate surface area is 178 Å². The number of hydrogen-bond donors (Lipinski definition) is 2. The lowest BCUT2D eigenvalue weighted by Crippen LogP contribution is -2.22. The van der Waals surface area contributed by atoms with Gasteiger partial charge >= 0.3 is 0 Å². The lowest BCUT2D eigenvalue weighted by molar-refractivity contribution is 0.469. The fourth-order valence-corrected chi connectivity index (χ4v) is 5.30. The third-order valence-corrected chi connectivity index (χ3v) is 7.97. The van der Waals surface area contributed by atoms with Crippen molar-refractivity contribution < 1.29 is 13.5 Å². The SMILES string of the molecule is C=c1sc(Sc2cc(NS(=O)(=O)C(C)C)c3ccccc3c2O)nc1=CC=CC. The second kappa shape index (κ2) is 8.61. The van der Waals surface area contributed by atoms with E-state index in [-0.39, 0.29) is 5.75 Å². The summed E-state index contributed by atoms with van der Waals surface area (Å²) in [5, 5.41) is 12.2. The Morgan fingerprint density at radius 3 is 2.62 bits per heavy atom. The number of phenolic OH excluding ortho intramolecular Hbond substituents is 1. The van der Waals surface area contributed by atoms with Crippen LogP contribution in [0.4, 0.5) is 5.69 Å². The number of thiazole rings is 1. The number of fused-ring (bicyclic) bond motifs is 1. The van der Waals surface area contributed by atoms with Crippen molar-refractivity contribution in [1.82, 2.24) is 4.98 Å². The van der Waals surface area contributed by atoms with Crippen LogP contribution in [0.15, 0.2) is 51.7 Å². The van der Waals surface area contributed by atoms with E-state index in [4.69, 9.17) is 0 Å². The topological polar surface area (TPSA) is 79.3 Å². The van der Waals surface area contributed by atoms with Crippen LogP contribution in [-0.4, -0.2) is 23.8 Å². The minimum absolute atomic E-state index is 0.0953. The van der Waals surface area contributed by atoms with Crippen LogP contribution >= 0.6 is 23.1 Å². The molecule has 0 radical (unpaired) electrons. The van der Waals surface area contributed by atoms with Crippen LogP contribution in [0, 0.1) is 0 Å². The van der Waals surface area contributed by atoms with E-state index in [1.807, 2.05) is 25.2 Å². The summed E-state index contributed by atoms with van der Waals surface area (Å²) in [6, 6.07) is 8.81. The first kappa shape index (κ1) is 21.4. The Morgan fingerprint density at radius 1 is 1.28 bits per heavy atom. The molecule has 5 nitrogen and oxygen atoms in total. The molecule has 1 aromatic heterocycles. The number of benzene rings is 2. The van der Waals surface area contributed by atoms with Gasteiger partial charge < -0.3 is 5.11 Å². The highest BCUT2D eigenvalue weighted by molar-refractivity contribution is 8.01. The summed E-state index contributed by atoms with van der Waals surface area (Å²) in [7, 11) is -3.53. The minimum atomic E-state index is -3.53. The molecule has 29 heavy (non-hydrogen) atoms. The molecule has 0 aliphatic heterocycles. The lowest BCUT2D eigenvalue weighted by Gasteiger charge is -2.15. The molecule has 0 unspecified atom stereocenters. The van der Waals surface area contributed by atoms with E-state index >= 15 is 0 Å². The largest absolute Gasteiger partial charge is 0.506 e. The third kappa shape index (κ3) is 4.66. The van der Waals surface area contributed by atoms with Crippen molar-refractivity contribution in [2.24, 2.45) is 0 Å². The summed E-state index contributed by atoms with van der Waals surface area (Å²) in [4.78, 5) is 5.08. The predicted octanol–water partition coefficient (Wildman–Crippen LogP) is 4.07. The van der Waals surface area contributed by atoms with Gasteiger partial charge in [-0.15, -0.1) is 11.3 Å². The van der Waals surface area contributed by atoms with Crippen LogP contribution in [0.1, 0.15) is 20.8 Å². The van der Waals surface area contributed by atoms with Crippen molar-refractivity contribution in [2.75, 3.05) is 4.72 Å². The molecular formula is C21H22N2O3S3. The van der Waals surface area contributed by atoms with Gasteiger partial charge in [-0.1, -0.05) is 54.8 Å². The van der Waals surface area contributed by atoms with Crippen molar-refractivity contribution in [3.63, 3.8) is 0 Å². The van der Waals surface area contributed by atoms with Crippen molar-refractivity contribution in [1.29, 1.82) is 0 Å². The second-order valence-electron chi connectivity index (χ2n) is 6.59. The highest BCUT2D eigenvalue weighted by Crippen LogP contribution is 2.42. The second-order valence-corrected chi connectivity index (χ2v) is 11.2. The molecule has 0 aliphatic rings. The Kier molecular flexibility index (Phi) is 6.36. The van der Waals surface area contributed by atoms with Crippen LogP contribution < -0.4 is 14.6 Å². The van der Waals surface area contributed by atoms with E-state index in [2.05, 4.69) is 16.3 Å². The van der Waals surface area contributed by atoms with Gasteiger partial charge in [-0.3, -0.25) is 4.72 Å². The summed E-state index contributed by atoms with van der Waals surface area (Å²) in [6.07, 6.45) is 5.68. The molecule has 1 heterocycles. The molecule has 8 heteroatoms. The normalized spacial score (nSPS) is 13.0. The number of aromatic hydroxyl groups is 1. The van der Waals surface area contributed by atoms with E-state index in [0.29, 0.717) is 25.7 Å². The molecule has 0 atom stereocenters. The first-order valence-electron chi connectivity index (χ1n) is 8.96. The summed E-state index contributed by atoms with van der Waals surface area (Å²) in [5.41, 5.74) is 0.432. The molecule has 0 fully saturated rings. The van der Waals surface area contributed by atoms with E-state index in [9.17, 15) is 13.5 Å². The minimum Gasteiger partial charge on any atom is -0.506 e. The number of allylic oxidation sites excluding steroid dienone is 2. The first-order valence-corrected chi connectivity index (χ1v) is 12.1. The van der Waals surface area contributed by atoms with Crippen LogP contribution in [0.3, 0.4) is 0 Å². The zero-order valence-corrected chi connectivity index (χ0v) is 18.8. The predicted molar refractivity (Wildman–Crippen MR) is 124 cm³/mol. The number of sulfonamides is 1. The Hall–Kier alpha value is -2.29. The molecular weight excluding hydrogens is 424 g/mol. The lowest BCUT2D eigenvalue weighted by atomic mass is 10.1. The van der Waals surface area contributed by atoms with Crippen LogP contribution in [0.25, 0.3) is 23.4 Å². The van der Waals surface area contributed by atoms with Crippen LogP contribution in [0.5, 0.6) is 5.75 Å². The molecule has 0 aliphatic carbocycles. The summed E-state index contributed by atoms with van der Waals surface area (Å²) >= 11 is 2.71. The number of phenols is 1. The summed E-state index contributed by atoms with van der Waals surface area (Å²) in [6.45, 7) is 9.18. The maximum Gasteiger partial charge on any atom is 0.235 e. The summed E-state index contributed by atoms with van der Waals surface area (Å²) in [5.74, 6) is 0.0953. The van der Waals surface area contributed by atoms with E-state index in [1.165, 1.54) is 23.1 Å². The average molecular weight is 447 g/mol. The van der Waals surface area contributed by atoms with Crippen molar-refractivity contribution in [3.8, 4) is 5.75 Å². The van der Waals surface area contributed by atoms with Gasteiger partial charge in [-0.05, 0) is 32.9 Å². The van der Waals surface area contributed by atoms with E-state index < -0.39 is 15.3 Å². The van der Waals surface area contributed by atoms with E-state index in [0.717, 1.165) is 9.88 Å².